The fourth-order valence-corrected chi connectivity index (χ4v) is 4.53. The molecule has 5 aromatic rings. The number of halogens is 1. The third-order valence-corrected chi connectivity index (χ3v) is 6.34. The van der Waals surface area contributed by atoms with Gasteiger partial charge in [-0.1, -0.05) is 29.8 Å². The lowest BCUT2D eigenvalue weighted by molar-refractivity contribution is 0.601. The molecule has 0 aliphatic rings. The van der Waals surface area contributed by atoms with Gasteiger partial charge in [0, 0.05) is 34.2 Å². The van der Waals surface area contributed by atoms with Crippen LogP contribution in [0.5, 0.6) is 0 Å². The normalized spacial score (nSPS) is 11.5. The van der Waals surface area contributed by atoms with E-state index in [0.29, 0.717) is 27.9 Å². The van der Waals surface area contributed by atoms with Crippen LogP contribution in [-0.2, 0) is 10.0 Å². The highest BCUT2D eigenvalue weighted by Gasteiger charge is 2.15. The highest BCUT2D eigenvalue weighted by atomic mass is 35.5. The summed E-state index contributed by atoms with van der Waals surface area (Å²) >= 11 is 5.91. The number of nitrogens with one attached hydrogen (secondary N) is 1. The van der Waals surface area contributed by atoms with Gasteiger partial charge in [-0.2, -0.15) is 9.61 Å². The third-order valence-electron chi connectivity index (χ3n) is 4.72. The Labute approximate surface area is 188 Å². The standard InChI is InChI=1S/C22H15ClN6O2S/c23-17-4-1-5-19(13-17)32(30,31)28-18-8-6-15(7-9-18)20-10-11-21-25-26-22(29(21)27-20)16-3-2-12-24-14-16/h1-14,28H. The molecule has 8 nitrogen and oxygen atoms in total. The average molecular weight is 463 g/mol. The predicted octanol–water partition coefficient (Wildman–Crippen LogP) is 4.31. The molecule has 10 heteroatoms. The molecule has 0 atom stereocenters. The van der Waals surface area contributed by atoms with Crippen LogP contribution in [0.2, 0.25) is 5.02 Å². The molecular weight excluding hydrogens is 448 g/mol. The van der Waals surface area contributed by atoms with Gasteiger partial charge in [-0.15, -0.1) is 10.2 Å². The monoisotopic (exact) mass is 462 g/mol. The summed E-state index contributed by atoms with van der Waals surface area (Å²) in [5, 5.41) is 13.4. The summed E-state index contributed by atoms with van der Waals surface area (Å²) in [6, 6.07) is 20.4. The second-order valence-corrected chi connectivity index (χ2v) is 9.01. The van der Waals surface area contributed by atoms with Gasteiger partial charge in [0.15, 0.2) is 11.5 Å². The first kappa shape index (κ1) is 20.1. The fraction of sp³-hybridized carbons (Fsp3) is 0. The summed E-state index contributed by atoms with van der Waals surface area (Å²) < 4.78 is 29.4. The van der Waals surface area contributed by atoms with E-state index in [1.807, 2.05) is 24.3 Å². The number of benzene rings is 2. The molecule has 1 N–H and O–H groups in total. The molecule has 0 aliphatic heterocycles. The second kappa shape index (κ2) is 8.03. The zero-order valence-electron chi connectivity index (χ0n) is 16.4. The van der Waals surface area contributed by atoms with Crippen LogP contribution in [-0.4, -0.2) is 33.2 Å². The van der Waals surface area contributed by atoms with E-state index < -0.39 is 10.0 Å². The summed E-state index contributed by atoms with van der Waals surface area (Å²) in [7, 11) is -3.75. The van der Waals surface area contributed by atoms with Crippen molar-refractivity contribution in [1.82, 2.24) is 24.8 Å². The van der Waals surface area contributed by atoms with E-state index in [1.54, 1.807) is 53.3 Å². The number of pyridine rings is 1. The van der Waals surface area contributed by atoms with Crippen LogP contribution in [0.1, 0.15) is 0 Å². The fourth-order valence-electron chi connectivity index (χ4n) is 3.18. The number of hydrogen-bond donors (Lipinski definition) is 1. The van der Waals surface area contributed by atoms with Crippen molar-refractivity contribution in [3.63, 3.8) is 0 Å². The van der Waals surface area contributed by atoms with E-state index in [1.165, 1.54) is 12.1 Å². The zero-order chi connectivity index (χ0) is 22.1. The Kier molecular flexibility index (Phi) is 5.04. The van der Waals surface area contributed by atoms with Crippen molar-refractivity contribution in [2.45, 2.75) is 4.90 Å². The van der Waals surface area contributed by atoms with Crippen LogP contribution in [0.4, 0.5) is 5.69 Å². The van der Waals surface area contributed by atoms with Crippen molar-refractivity contribution in [1.29, 1.82) is 0 Å². The van der Waals surface area contributed by atoms with E-state index in [9.17, 15) is 8.42 Å². The van der Waals surface area contributed by atoms with Crippen LogP contribution < -0.4 is 4.72 Å². The number of anilines is 1. The molecule has 32 heavy (non-hydrogen) atoms. The summed E-state index contributed by atoms with van der Waals surface area (Å²) in [4.78, 5) is 4.22. The summed E-state index contributed by atoms with van der Waals surface area (Å²) in [6.45, 7) is 0. The highest BCUT2D eigenvalue weighted by molar-refractivity contribution is 7.92. The lowest BCUT2D eigenvalue weighted by Crippen LogP contribution is -2.12. The Morgan fingerprint density at radius 3 is 2.47 bits per heavy atom. The maximum Gasteiger partial charge on any atom is 0.261 e. The lowest BCUT2D eigenvalue weighted by atomic mass is 10.1. The summed E-state index contributed by atoms with van der Waals surface area (Å²) in [6.07, 6.45) is 3.39. The molecule has 0 bridgehead atoms. The first-order chi connectivity index (χ1) is 15.5. The lowest BCUT2D eigenvalue weighted by Gasteiger charge is -2.09. The average Bonchev–Trinajstić information content (AvgIpc) is 3.23. The molecule has 3 aromatic heterocycles. The van der Waals surface area contributed by atoms with Gasteiger partial charge in [-0.3, -0.25) is 9.71 Å². The molecule has 0 fully saturated rings. The number of fused-ring (bicyclic) bond motifs is 1. The SMILES string of the molecule is O=S(=O)(Nc1ccc(-c2ccc3nnc(-c4cccnc4)n3n2)cc1)c1cccc(Cl)c1. The predicted molar refractivity (Wildman–Crippen MR) is 122 cm³/mol. The van der Waals surface area contributed by atoms with Crippen molar-refractivity contribution >= 4 is 33.0 Å². The van der Waals surface area contributed by atoms with Crippen molar-refractivity contribution in [2.24, 2.45) is 0 Å². The van der Waals surface area contributed by atoms with Gasteiger partial charge in [0.25, 0.3) is 10.0 Å². The number of hydrogen-bond acceptors (Lipinski definition) is 6. The molecule has 0 saturated heterocycles. The van der Waals surface area contributed by atoms with Gasteiger partial charge < -0.3 is 0 Å². The molecule has 0 saturated carbocycles. The quantitative estimate of drug-likeness (QED) is 0.417. The van der Waals surface area contributed by atoms with Crippen molar-refractivity contribution < 1.29 is 8.42 Å². The van der Waals surface area contributed by atoms with Crippen LogP contribution in [0.25, 0.3) is 28.3 Å². The Bertz CT molecular complexity index is 1520. The minimum absolute atomic E-state index is 0.0942. The minimum atomic E-state index is -3.75. The number of rotatable bonds is 5. The van der Waals surface area contributed by atoms with E-state index in [4.69, 9.17) is 11.6 Å². The van der Waals surface area contributed by atoms with Crippen LogP contribution >= 0.6 is 11.6 Å². The third kappa shape index (κ3) is 3.91. The summed E-state index contributed by atoms with van der Waals surface area (Å²) in [5.74, 6) is 0.584. The maximum absolute atomic E-state index is 12.6. The topological polar surface area (TPSA) is 102 Å². The van der Waals surface area contributed by atoms with Crippen molar-refractivity contribution in [3.8, 4) is 22.6 Å². The van der Waals surface area contributed by atoms with Gasteiger partial charge >= 0.3 is 0 Å². The molecular formula is C22H15ClN6O2S. The summed E-state index contributed by atoms with van der Waals surface area (Å²) in [5.41, 5.74) is 3.33. The number of nitrogens with zero attached hydrogens (tertiary/aromatic N) is 5. The minimum Gasteiger partial charge on any atom is -0.280 e. The number of sulfonamides is 1. The Balaban J connectivity index is 1.44. The first-order valence-electron chi connectivity index (χ1n) is 9.51. The van der Waals surface area contributed by atoms with Gasteiger partial charge in [-0.05, 0) is 54.6 Å². The largest absolute Gasteiger partial charge is 0.280 e. The Hall–Kier alpha value is -3.82. The van der Waals surface area contributed by atoms with E-state index in [0.717, 1.165) is 11.1 Å². The molecule has 158 valence electrons. The van der Waals surface area contributed by atoms with E-state index in [2.05, 4.69) is 25.0 Å². The maximum atomic E-state index is 12.6. The first-order valence-corrected chi connectivity index (χ1v) is 11.4. The van der Waals surface area contributed by atoms with E-state index in [-0.39, 0.29) is 4.90 Å². The molecule has 0 unspecified atom stereocenters. The van der Waals surface area contributed by atoms with Gasteiger partial charge in [0.2, 0.25) is 0 Å². The zero-order valence-corrected chi connectivity index (χ0v) is 18.0. The molecule has 5 rings (SSSR count). The van der Waals surface area contributed by atoms with Crippen LogP contribution in [0.15, 0.2) is 90.1 Å². The van der Waals surface area contributed by atoms with Crippen molar-refractivity contribution in [3.05, 3.63) is 90.2 Å². The Morgan fingerprint density at radius 2 is 1.72 bits per heavy atom. The molecule has 2 aromatic carbocycles. The van der Waals surface area contributed by atoms with Gasteiger partial charge in [0.1, 0.15) is 0 Å². The van der Waals surface area contributed by atoms with Gasteiger partial charge in [0.05, 0.1) is 10.6 Å². The molecule has 0 radical (unpaired) electrons. The van der Waals surface area contributed by atoms with E-state index >= 15 is 0 Å². The van der Waals surface area contributed by atoms with Crippen LogP contribution in [0, 0.1) is 0 Å². The van der Waals surface area contributed by atoms with Crippen LogP contribution in [0.3, 0.4) is 0 Å². The van der Waals surface area contributed by atoms with Gasteiger partial charge in [-0.25, -0.2) is 8.42 Å². The molecule has 0 aliphatic carbocycles. The number of aromatic nitrogens is 5. The Morgan fingerprint density at radius 1 is 0.875 bits per heavy atom. The second-order valence-electron chi connectivity index (χ2n) is 6.89. The van der Waals surface area contributed by atoms with Crippen molar-refractivity contribution in [2.75, 3.05) is 4.72 Å². The smallest absolute Gasteiger partial charge is 0.261 e. The highest BCUT2D eigenvalue weighted by Crippen LogP contribution is 2.24. The molecule has 0 amide bonds. The molecule has 0 spiro atoms. The molecule has 3 heterocycles.